The van der Waals surface area contributed by atoms with Gasteiger partial charge in [0.2, 0.25) is 0 Å². The van der Waals surface area contributed by atoms with Gasteiger partial charge in [-0.15, -0.1) is 0 Å². The summed E-state index contributed by atoms with van der Waals surface area (Å²) in [6.45, 7) is 0.811. The van der Waals surface area contributed by atoms with E-state index in [0.29, 0.717) is 13.1 Å². The van der Waals surface area contributed by atoms with Gasteiger partial charge in [0.05, 0.1) is 19.7 Å². The lowest BCUT2D eigenvalue weighted by Crippen LogP contribution is -2.25. The number of nitrogens with zero attached hydrogens (tertiary/aromatic N) is 1. The quantitative estimate of drug-likeness (QED) is 0.921. The van der Waals surface area contributed by atoms with Gasteiger partial charge in [-0.05, 0) is 11.6 Å². The summed E-state index contributed by atoms with van der Waals surface area (Å²) in [6, 6.07) is 7.72. The minimum absolute atomic E-state index is 0.127. The van der Waals surface area contributed by atoms with Crippen molar-refractivity contribution >= 4 is 22.0 Å². The molecule has 1 fully saturated rings. The third-order valence-corrected chi connectivity index (χ3v) is 3.25. The van der Waals surface area contributed by atoms with Gasteiger partial charge in [-0.1, -0.05) is 34.1 Å². The molecule has 86 valence electrons. The van der Waals surface area contributed by atoms with Crippen molar-refractivity contribution in [3.63, 3.8) is 0 Å². The van der Waals surface area contributed by atoms with Gasteiger partial charge in [-0.2, -0.15) is 0 Å². The van der Waals surface area contributed by atoms with E-state index in [1.165, 1.54) is 0 Å². The first kappa shape index (κ1) is 11.4. The Labute approximate surface area is 102 Å². The van der Waals surface area contributed by atoms with E-state index in [4.69, 9.17) is 9.84 Å². The molecule has 1 atom stereocenters. The van der Waals surface area contributed by atoms with Crippen LogP contribution in [0.4, 0.5) is 4.79 Å². The fourth-order valence-corrected chi connectivity index (χ4v) is 2.04. The lowest BCUT2D eigenvalue weighted by atomic mass is 10.2. The van der Waals surface area contributed by atoms with Crippen LogP contribution in [0.2, 0.25) is 0 Å². The van der Waals surface area contributed by atoms with Crippen LogP contribution in [0.3, 0.4) is 0 Å². The molecule has 2 rings (SSSR count). The van der Waals surface area contributed by atoms with Gasteiger partial charge in [0.25, 0.3) is 0 Å². The molecule has 1 saturated heterocycles. The van der Waals surface area contributed by atoms with Gasteiger partial charge < -0.3 is 14.7 Å². The smallest absolute Gasteiger partial charge is 0.410 e. The van der Waals surface area contributed by atoms with Gasteiger partial charge >= 0.3 is 6.09 Å². The van der Waals surface area contributed by atoms with E-state index < -0.39 is 6.10 Å². The Morgan fingerprint density at radius 3 is 2.88 bits per heavy atom. The zero-order chi connectivity index (χ0) is 11.5. The predicted octanol–water partition coefficient (Wildman–Crippen LogP) is 1.76. The number of cyclic esters (lactones) is 1. The summed E-state index contributed by atoms with van der Waals surface area (Å²) in [4.78, 5) is 13.0. The Kier molecular flexibility index (Phi) is 3.46. The van der Waals surface area contributed by atoms with Crippen molar-refractivity contribution < 1.29 is 14.6 Å². The van der Waals surface area contributed by atoms with Crippen LogP contribution >= 0.6 is 15.9 Å². The number of amides is 1. The van der Waals surface area contributed by atoms with E-state index in [-0.39, 0.29) is 12.7 Å². The number of halogens is 1. The second-order valence-electron chi connectivity index (χ2n) is 3.66. The number of carbonyl (C=O) groups is 1. The van der Waals surface area contributed by atoms with Gasteiger partial charge in [-0.25, -0.2) is 4.79 Å². The topological polar surface area (TPSA) is 49.8 Å². The molecule has 0 aromatic heterocycles. The number of rotatable bonds is 3. The van der Waals surface area contributed by atoms with Crippen LogP contribution in [0.5, 0.6) is 0 Å². The summed E-state index contributed by atoms with van der Waals surface area (Å²) in [5.41, 5.74) is 1.03. The Morgan fingerprint density at radius 2 is 2.25 bits per heavy atom. The summed E-state index contributed by atoms with van der Waals surface area (Å²) in [7, 11) is 0. The lowest BCUT2D eigenvalue weighted by molar-refractivity contribution is 0.0947. The Bertz CT molecular complexity index is 397. The molecule has 5 heteroatoms. The van der Waals surface area contributed by atoms with E-state index >= 15 is 0 Å². The molecular weight excluding hydrogens is 274 g/mol. The van der Waals surface area contributed by atoms with E-state index in [2.05, 4.69) is 15.9 Å². The van der Waals surface area contributed by atoms with E-state index in [0.717, 1.165) is 10.0 Å². The maximum absolute atomic E-state index is 11.4. The zero-order valence-corrected chi connectivity index (χ0v) is 10.2. The van der Waals surface area contributed by atoms with Crippen molar-refractivity contribution in [1.29, 1.82) is 0 Å². The van der Waals surface area contributed by atoms with Crippen molar-refractivity contribution in [2.75, 3.05) is 13.2 Å². The van der Waals surface area contributed by atoms with E-state index in [1.54, 1.807) is 4.90 Å². The molecule has 1 aromatic rings. The number of hydrogen-bond acceptors (Lipinski definition) is 3. The molecule has 1 aromatic carbocycles. The number of aliphatic hydroxyl groups is 1. The van der Waals surface area contributed by atoms with Gasteiger partial charge in [0.15, 0.2) is 0 Å². The molecule has 1 N–H and O–H groups in total. The number of hydrogen-bond donors (Lipinski definition) is 1. The summed E-state index contributed by atoms with van der Waals surface area (Å²) >= 11 is 3.43. The minimum atomic E-state index is -0.394. The molecule has 1 aliphatic rings. The number of ether oxygens (including phenoxy) is 1. The second kappa shape index (κ2) is 4.84. The summed E-state index contributed by atoms with van der Waals surface area (Å²) in [5, 5.41) is 8.91. The minimum Gasteiger partial charge on any atom is -0.442 e. The van der Waals surface area contributed by atoms with Crippen LogP contribution in [0.1, 0.15) is 5.56 Å². The monoisotopic (exact) mass is 285 g/mol. The highest BCUT2D eigenvalue weighted by Gasteiger charge is 2.30. The normalized spacial score (nSPS) is 20.0. The second-order valence-corrected chi connectivity index (χ2v) is 4.51. The molecule has 4 nitrogen and oxygen atoms in total. The highest BCUT2D eigenvalue weighted by Crippen LogP contribution is 2.20. The maximum atomic E-state index is 11.4. The predicted molar refractivity (Wildman–Crippen MR) is 61.9 cm³/mol. The maximum Gasteiger partial charge on any atom is 0.410 e. The average Bonchev–Trinajstić information content (AvgIpc) is 2.63. The van der Waals surface area contributed by atoms with Crippen LogP contribution in [0.15, 0.2) is 28.7 Å². The SMILES string of the molecule is O=C1O[C@@H](CO)CN1Cc1ccccc1Br. The third kappa shape index (κ3) is 2.36. The van der Waals surface area contributed by atoms with Crippen molar-refractivity contribution in [3.05, 3.63) is 34.3 Å². The largest absolute Gasteiger partial charge is 0.442 e. The highest BCUT2D eigenvalue weighted by atomic mass is 79.9. The Morgan fingerprint density at radius 1 is 1.50 bits per heavy atom. The van der Waals surface area contributed by atoms with Gasteiger partial charge in [0.1, 0.15) is 6.10 Å². The molecule has 0 saturated carbocycles. The van der Waals surface area contributed by atoms with Gasteiger partial charge in [-0.3, -0.25) is 0 Å². The first-order chi connectivity index (χ1) is 7.70. The Hall–Kier alpha value is -1.07. The van der Waals surface area contributed by atoms with Gasteiger partial charge in [0, 0.05) is 4.47 Å². The first-order valence-corrected chi connectivity index (χ1v) is 5.80. The third-order valence-electron chi connectivity index (χ3n) is 2.47. The van der Waals surface area contributed by atoms with E-state index in [9.17, 15) is 4.79 Å². The van der Waals surface area contributed by atoms with E-state index in [1.807, 2.05) is 24.3 Å². The number of carbonyl (C=O) groups excluding carboxylic acids is 1. The molecule has 1 amide bonds. The molecule has 0 radical (unpaired) electrons. The molecule has 1 aliphatic heterocycles. The highest BCUT2D eigenvalue weighted by molar-refractivity contribution is 9.10. The summed E-state index contributed by atoms with van der Waals surface area (Å²) in [5.74, 6) is 0. The molecule has 0 unspecified atom stereocenters. The van der Waals surface area contributed by atoms with Crippen molar-refractivity contribution in [2.24, 2.45) is 0 Å². The molecule has 0 spiro atoms. The molecule has 0 aliphatic carbocycles. The standard InChI is InChI=1S/C11H12BrNO3/c12-10-4-2-1-3-8(10)5-13-6-9(7-14)16-11(13)15/h1-4,9,14H,5-7H2/t9-/m1/s1. The lowest BCUT2D eigenvalue weighted by Gasteiger charge is -2.13. The van der Waals surface area contributed by atoms with Crippen LogP contribution in [0.25, 0.3) is 0 Å². The van der Waals surface area contributed by atoms with Crippen molar-refractivity contribution in [3.8, 4) is 0 Å². The zero-order valence-electron chi connectivity index (χ0n) is 8.60. The molecule has 16 heavy (non-hydrogen) atoms. The van der Waals surface area contributed by atoms with Crippen LogP contribution in [-0.4, -0.2) is 35.4 Å². The number of benzene rings is 1. The van der Waals surface area contributed by atoms with Crippen molar-refractivity contribution in [1.82, 2.24) is 4.90 Å². The molecule has 0 bridgehead atoms. The average molecular weight is 286 g/mol. The molecule has 1 heterocycles. The summed E-state index contributed by atoms with van der Waals surface area (Å²) < 4.78 is 5.92. The van der Waals surface area contributed by atoms with Crippen LogP contribution < -0.4 is 0 Å². The fraction of sp³-hybridized carbons (Fsp3) is 0.364. The molecular formula is C11H12BrNO3. The fourth-order valence-electron chi connectivity index (χ4n) is 1.63. The number of aliphatic hydroxyl groups excluding tert-OH is 1. The summed E-state index contributed by atoms with van der Waals surface area (Å²) in [6.07, 6.45) is -0.759. The van der Waals surface area contributed by atoms with Crippen LogP contribution in [0, 0.1) is 0 Å². The van der Waals surface area contributed by atoms with Crippen LogP contribution in [-0.2, 0) is 11.3 Å². The van der Waals surface area contributed by atoms with Crippen molar-refractivity contribution in [2.45, 2.75) is 12.6 Å². The Balaban J connectivity index is 2.06. The first-order valence-electron chi connectivity index (χ1n) is 5.00.